The van der Waals surface area contributed by atoms with Crippen molar-refractivity contribution in [1.82, 2.24) is 20.2 Å². The molecular weight excluding hydrogens is 452 g/mol. The molecule has 1 saturated carbocycles. The molecule has 1 fully saturated rings. The molecule has 2 amide bonds. The number of carbonyl (C=O) groups excluding carboxylic acids is 2. The van der Waals surface area contributed by atoms with Crippen molar-refractivity contribution in [1.29, 1.82) is 0 Å². The van der Waals surface area contributed by atoms with Gasteiger partial charge in [-0.25, -0.2) is 0 Å². The van der Waals surface area contributed by atoms with Crippen LogP contribution in [0, 0.1) is 0 Å². The van der Waals surface area contributed by atoms with Crippen molar-refractivity contribution in [3.8, 4) is 5.69 Å². The summed E-state index contributed by atoms with van der Waals surface area (Å²) in [6.07, 6.45) is 4.17. The summed E-state index contributed by atoms with van der Waals surface area (Å²) < 4.78 is 1.52. The van der Waals surface area contributed by atoms with Crippen LogP contribution in [-0.2, 0) is 0 Å². The van der Waals surface area contributed by atoms with E-state index in [1.54, 1.807) is 60.8 Å². The number of benzene rings is 2. The minimum atomic E-state index is -0.212. The van der Waals surface area contributed by atoms with Crippen LogP contribution in [0.4, 0.5) is 0 Å². The summed E-state index contributed by atoms with van der Waals surface area (Å²) in [6, 6.07) is 18.7. The fraction of sp³-hybridized carbons (Fsp3) is 0.192. The molecular formula is C26H23ClN4O3. The monoisotopic (exact) mass is 474 g/mol. The molecule has 0 bridgehead atoms. The summed E-state index contributed by atoms with van der Waals surface area (Å²) in [5.74, 6) is -0.422. The Bertz CT molecular complexity index is 1420. The van der Waals surface area contributed by atoms with Gasteiger partial charge in [-0.3, -0.25) is 19.0 Å². The van der Waals surface area contributed by atoms with Crippen LogP contribution in [0.15, 0.2) is 77.7 Å². The predicted molar refractivity (Wildman–Crippen MR) is 132 cm³/mol. The first-order chi connectivity index (χ1) is 16.5. The zero-order valence-electron chi connectivity index (χ0n) is 18.3. The summed E-state index contributed by atoms with van der Waals surface area (Å²) >= 11 is 6.03. The van der Waals surface area contributed by atoms with Crippen LogP contribution in [0.25, 0.3) is 16.6 Å². The zero-order chi connectivity index (χ0) is 23.7. The standard InChI is InChI=1S/C26H23ClN4O3/c27-18-10-7-17-14-23(28-22(17)15-18)26(34)30-21-5-3-4-20(21)29-25(33)16-8-11-19(12-9-16)31-13-2-1-6-24(31)32/h1-2,6-15,20-21,28H,3-5H2,(H,29,33)(H,30,34)/t20-,21?/m0/s1. The Morgan fingerprint density at radius 3 is 2.38 bits per heavy atom. The topological polar surface area (TPSA) is 96.0 Å². The number of hydrogen-bond donors (Lipinski definition) is 3. The number of aromatic amines is 1. The van der Waals surface area contributed by atoms with Crippen LogP contribution in [-0.4, -0.2) is 33.4 Å². The number of halogens is 1. The lowest BCUT2D eigenvalue weighted by Gasteiger charge is -2.22. The van der Waals surface area contributed by atoms with Gasteiger partial charge in [0.25, 0.3) is 17.4 Å². The maximum atomic E-state index is 12.9. The van der Waals surface area contributed by atoms with Crippen molar-refractivity contribution in [2.45, 2.75) is 31.3 Å². The average Bonchev–Trinajstić information content (AvgIpc) is 3.46. The number of H-pyrrole nitrogens is 1. The van der Waals surface area contributed by atoms with Gasteiger partial charge in [-0.1, -0.05) is 23.7 Å². The molecule has 2 heterocycles. The van der Waals surface area contributed by atoms with Crippen molar-refractivity contribution < 1.29 is 9.59 Å². The molecule has 5 rings (SSSR count). The van der Waals surface area contributed by atoms with Crippen LogP contribution in [0.3, 0.4) is 0 Å². The first kappa shape index (κ1) is 22.0. The Hall–Kier alpha value is -3.84. The van der Waals surface area contributed by atoms with Crippen molar-refractivity contribution in [3.63, 3.8) is 0 Å². The first-order valence-corrected chi connectivity index (χ1v) is 11.5. The zero-order valence-corrected chi connectivity index (χ0v) is 19.0. The number of hydrogen-bond acceptors (Lipinski definition) is 3. The highest BCUT2D eigenvalue weighted by molar-refractivity contribution is 6.31. The highest BCUT2D eigenvalue weighted by Crippen LogP contribution is 2.23. The maximum Gasteiger partial charge on any atom is 0.268 e. The summed E-state index contributed by atoms with van der Waals surface area (Å²) in [4.78, 5) is 40.8. The van der Waals surface area contributed by atoms with Crippen LogP contribution in [0.5, 0.6) is 0 Å². The molecule has 8 heteroatoms. The SMILES string of the molecule is O=C(N[C@H]1CCCC1NC(=O)c1cc2ccc(Cl)cc2[nH]1)c1ccc(-n2ccccc2=O)cc1. The normalized spacial score (nSPS) is 17.6. The molecule has 0 radical (unpaired) electrons. The van der Waals surface area contributed by atoms with E-state index in [1.807, 2.05) is 6.07 Å². The maximum absolute atomic E-state index is 12.9. The molecule has 7 nitrogen and oxygen atoms in total. The number of nitrogens with zero attached hydrogens (tertiary/aromatic N) is 1. The Morgan fingerprint density at radius 2 is 1.65 bits per heavy atom. The molecule has 172 valence electrons. The van der Waals surface area contributed by atoms with Gasteiger partial charge in [-0.2, -0.15) is 0 Å². The third-order valence-corrected chi connectivity index (χ3v) is 6.44. The Morgan fingerprint density at radius 1 is 0.912 bits per heavy atom. The van der Waals surface area contributed by atoms with E-state index in [0.29, 0.717) is 22.0 Å². The van der Waals surface area contributed by atoms with Gasteiger partial charge >= 0.3 is 0 Å². The average molecular weight is 475 g/mol. The van der Waals surface area contributed by atoms with E-state index in [4.69, 9.17) is 11.6 Å². The predicted octanol–water partition coefficient (Wildman–Crippen LogP) is 4.05. The summed E-state index contributed by atoms with van der Waals surface area (Å²) in [6.45, 7) is 0. The third-order valence-electron chi connectivity index (χ3n) is 6.21. The number of fused-ring (bicyclic) bond motifs is 1. The highest BCUT2D eigenvalue weighted by Gasteiger charge is 2.30. The number of amides is 2. The molecule has 1 aliphatic carbocycles. The van der Waals surface area contributed by atoms with E-state index in [1.165, 1.54) is 10.6 Å². The fourth-order valence-electron chi connectivity index (χ4n) is 4.44. The van der Waals surface area contributed by atoms with Crippen LogP contribution < -0.4 is 16.2 Å². The van der Waals surface area contributed by atoms with E-state index in [0.717, 1.165) is 30.2 Å². The summed E-state index contributed by atoms with van der Waals surface area (Å²) in [5.41, 5.74) is 2.31. The Kier molecular flexibility index (Phi) is 5.94. The van der Waals surface area contributed by atoms with Gasteiger partial charge in [-0.15, -0.1) is 0 Å². The lowest BCUT2D eigenvalue weighted by molar-refractivity contribution is 0.0889. The first-order valence-electron chi connectivity index (χ1n) is 11.2. The molecule has 0 aliphatic heterocycles. The second-order valence-electron chi connectivity index (χ2n) is 8.46. The summed E-state index contributed by atoms with van der Waals surface area (Å²) in [7, 11) is 0. The van der Waals surface area contributed by atoms with Crippen molar-refractivity contribution >= 4 is 34.3 Å². The van der Waals surface area contributed by atoms with Gasteiger partial charge in [0.05, 0.1) is 0 Å². The minimum absolute atomic E-state index is 0.137. The van der Waals surface area contributed by atoms with Crippen molar-refractivity contribution in [3.05, 3.63) is 99.6 Å². The molecule has 1 unspecified atom stereocenters. The van der Waals surface area contributed by atoms with Gasteiger partial charge in [-0.05, 0) is 67.8 Å². The number of aromatic nitrogens is 2. The molecule has 1 aliphatic rings. The molecule has 34 heavy (non-hydrogen) atoms. The van der Waals surface area contributed by atoms with Crippen LogP contribution >= 0.6 is 11.6 Å². The summed E-state index contributed by atoms with van der Waals surface area (Å²) in [5, 5.41) is 7.63. The largest absolute Gasteiger partial charge is 0.350 e. The van der Waals surface area contributed by atoms with E-state index in [2.05, 4.69) is 15.6 Å². The minimum Gasteiger partial charge on any atom is -0.350 e. The third kappa shape index (κ3) is 4.47. The Labute approximate surface area is 200 Å². The fourth-order valence-corrected chi connectivity index (χ4v) is 4.61. The number of rotatable bonds is 5. The smallest absolute Gasteiger partial charge is 0.268 e. The number of nitrogens with one attached hydrogen (secondary N) is 3. The van der Waals surface area contributed by atoms with Gasteiger partial charge in [0, 0.05) is 51.5 Å². The van der Waals surface area contributed by atoms with Gasteiger partial charge < -0.3 is 15.6 Å². The molecule has 2 aromatic carbocycles. The van der Waals surface area contributed by atoms with E-state index < -0.39 is 0 Å². The molecule has 3 N–H and O–H groups in total. The second kappa shape index (κ2) is 9.19. The molecule has 2 atom stereocenters. The lowest BCUT2D eigenvalue weighted by atomic mass is 10.1. The van der Waals surface area contributed by atoms with E-state index in [-0.39, 0.29) is 29.5 Å². The lowest BCUT2D eigenvalue weighted by Crippen LogP contribution is -2.48. The number of carbonyl (C=O) groups is 2. The van der Waals surface area contributed by atoms with Crippen molar-refractivity contribution in [2.75, 3.05) is 0 Å². The van der Waals surface area contributed by atoms with Crippen LogP contribution in [0.1, 0.15) is 40.1 Å². The molecule has 2 aromatic heterocycles. The van der Waals surface area contributed by atoms with Crippen molar-refractivity contribution in [2.24, 2.45) is 0 Å². The molecule has 4 aromatic rings. The van der Waals surface area contributed by atoms with E-state index >= 15 is 0 Å². The Balaban J connectivity index is 1.25. The molecule has 0 saturated heterocycles. The van der Waals surface area contributed by atoms with Crippen LogP contribution in [0.2, 0.25) is 5.02 Å². The second-order valence-corrected chi connectivity index (χ2v) is 8.90. The molecule has 0 spiro atoms. The quantitative estimate of drug-likeness (QED) is 0.407. The van der Waals surface area contributed by atoms with E-state index in [9.17, 15) is 14.4 Å². The van der Waals surface area contributed by atoms with Gasteiger partial charge in [0.1, 0.15) is 5.69 Å². The van der Waals surface area contributed by atoms with Gasteiger partial charge in [0.15, 0.2) is 0 Å². The number of pyridine rings is 1. The van der Waals surface area contributed by atoms with Gasteiger partial charge in [0.2, 0.25) is 0 Å². The highest BCUT2D eigenvalue weighted by atomic mass is 35.5.